The van der Waals surface area contributed by atoms with Crippen molar-refractivity contribution in [2.24, 2.45) is 5.92 Å². The van der Waals surface area contributed by atoms with E-state index >= 15 is 0 Å². The maximum atomic E-state index is 13.1. The second-order valence-electron chi connectivity index (χ2n) is 6.25. The van der Waals surface area contributed by atoms with Crippen LogP contribution in [0.25, 0.3) is 0 Å². The average molecular weight is 301 g/mol. The summed E-state index contributed by atoms with van der Waals surface area (Å²) in [5, 5.41) is 0. The summed E-state index contributed by atoms with van der Waals surface area (Å²) in [6.45, 7) is 0. The van der Waals surface area contributed by atoms with Crippen molar-refractivity contribution in [3.8, 4) is 0 Å². The molecule has 0 N–H and O–H groups in total. The molecule has 4 nitrogen and oxygen atoms in total. The summed E-state index contributed by atoms with van der Waals surface area (Å²) in [5.41, 5.74) is 2.03. The van der Waals surface area contributed by atoms with Crippen LogP contribution in [0.15, 0.2) is 24.3 Å². The number of hydrogen-bond donors (Lipinski definition) is 0. The van der Waals surface area contributed by atoms with Gasteiger partial charge < -0.3 is 4.74 Å². The van der Waals surface area contributed by atoms with Crippen molar-refractivity contribution in [2.75, 3.05) is 12.0 Å². The fraction of sp³-hybridized carbons (Fsp3) is 0.556. The third-order valence-electron chi connectivity index (χ3n) is 4.92. The van der Waals surface area contributed by atoms with E-state index in [2.05, 4.69) is 0 Å². The average Bonchev–Trinajstić information content (AvgIpc) is 2.60. The van der Waals surface area contributed by atoms with Gasteiger partial charge in [0, 0.05) is 11.6 Å². The summed E-state index contributed by atoms with van der Waals surface area (Å²) < 4.78 is 4.94. The molecule has 0 aromatic heterocycles. The van der Waals surface area contributed by atoms with Crippen LogP contribution < -0.4 is 4.90 Å². The maximum absolute atomic E-state index is 13.1. The van der Waals surface area contributed by atoms with Gasteiger partial charge in [0.25, 0.3) is 0 Å². The van der Waals surface area contributed by atoms with Crippen LogP contribution in [-0.4, -0.2) is 25.0 Å². The van der Waals surface area contributed by atoms with Gasteiger partial charge in [-0.15, -0.1) is 0 Å². The monoisotopic (exact) mass is 301 g/mol. The lowest BCUT2D eigenvalue weighted by molar-refractivity contribution is -0.144. The number of aryl methyl sites for hydroxylation is 1. The van der Waals surface area contributed by atoms with E-state index in [4.69, 9.17) is 4.74 Å². The highest BCUT2D eigenvalue weighted by Gasteiger charge is 2.39. The molecule has 1 atom stereocenters. The van der Waals surface area contributed by atoms with Crippen LogP contribution in [0.4, 0.5) is 5.69 Å². The van der Waals surface area contributed by atoms with Gasteiger partial charge in [-0.25, -0.2) is 4.79 Å². The normalized spacial score (nSPS) is 22.0. The number of hydrogen-bond acceptors (Lipinski definition) is 3. The third kappa shape index (κ3) is 2.74. The Morgan fingerprint density at radius 1 is 1.09 bits per heavy atom. The van der Waals surface area contributed by atoms with Crippen LogP contribution in [0.2, 0.25) is 0 Å². The number of nitrogens with zero attached hydrogens (tertiary/aromatic N) is 1. The molecular formula is C18H23NO3. The molecule has 1 aliphatic heterocycles. The minimum atomic E-state index is -0.477. The second kappa shape index (κ2) is 6.51. The Balaban J connectivity index is 1.94. The molecule has 1 aromatic carbocycles. The standard InChI is InChI=1S/C18H23NO3/c1-22-18(21)16-12-11-13-7-5-6-10-15(13)19(16)17(20)14-8-3-2-4-9-14/h5-7,10,14,16H,2-4,8-9,11-12H2,1H3. The van der Waals surface area contributed by atoms with E-state index in [0.717, 1.165) is 43.4 Å². The third-order valence-corrected chi connectivity index (χ3v) is 4.92. The molecule has 1 unspecified atom stereocenters. The van der Waals surface area contributed by atoms with E-state index in [1.54, 1.807) is 4.90 Å². The topological polar surface area (TPSA) is 46.6 Å². The lowest BCUT2D eigenvalue weighted by Crippen LogP contribution is -2.51. The molecule has 0 radical (unpaired) electrons. The summed E-state index contributed by atoms with van der Waals surface area (Å²) in [5.74, 6) is -0.159. The van der Waals surface area contributed by atoms with Gasteiger partial charge in [0.15, 0.2) is 0 Å². The number of carbonyl (C=O) groups excluding carboxylic acids is 2. The van der Waals surface area contributed by atoms with Crippen LogP contribution in [0.5, 0.6) is 0 Å². The zero-order chi connectivity index (χ0) is 15.5. The van der Waals surface area contributed by atoms with E-state index < -0.39 is 6.04 Å². The van der Waals surface area contributed by atoms with Gasteiger partial charge >= 0.3 is 5.97 Å². The van der Waals surface area contributed by atoms with Crippen molar-refractivity contribution in [2.45, 2.75) is 51.0 Å². The predicted octanol–water partition coefficient (Wildman–Crippen LogP) is 3.09. The van der Waals surface area contributed by atoms with E-state index in [1.807, 2.05) is 24.3 Å². The highest BCUT2D eigenvalue weighted by atomic mass is 16.5. The van der Waals surface area contributed by atoms with Crippen molar-refractivity contribution in [1.82, 2.24) is 0 Å². The minimum Gasteiger partial charge on any atom is -0.467 e. The van der Waals surface area contributed by atoms with Gasteiger partial charge in [0.1, 0.15) is 6.04 Å². The first kappa shape index (κ1) is 15.1. The number of carbonyl (C=O) groups is 2. The van der Waals surface area contributed by atoms with Crippen molar-refractivity contribution >= 4 is 17.6 Å². The summed E-state index contributed by atoms with van der Waals surface area (Å²) in [4.78, 5) is 26.9. The molecule has 0 bridgehead atoms. The van der Waals surface area contributed by atoms with Gasteiger partial charge in [0.05, 0.1) is 7.11 Å². The maximum Gasteiger partial charge on any atom is 0.328 e. The fourth-order valence-corrected chi connectivity index (χ4v) is 3.72. The molecule has 1 aliphatic carbocycles. The molecule has 2 aliphatic rings. The first-order valence-electron chi connectivity index (χ1n) is 8.21. The van der Waals surface area contributed by atoms with Crippen LogP contribution in [0.3, 0.4) is 0 Å². The Morgan fingerprint density at radius 2 is 1.82 bits per heavy atom. The van der Waals surface area contributed by atoms with Crippen LogP contribution in [0.1, 0.15) is 44.1 Å². The smallest absolute Gasteiger partial charge is 0.328 e. The number of amides is 1. The molecule has 0 spiro atoms. The molecule has 118 valence electrons. The molecule has 1 saturated carbocycles. The Morgan fingerprint density at radius 3 is 2.55 bits per heavy atom. The van der Waals surface area contributed by atoms with Crippen molar-refractivity contribution < 1.29 is 14.3 Å². The molecule has 3 rings (SSSR count). The molecule has 4 heteroatoms. The lowest BCUT2D eigenvalue weighted by Gasteiger charge is -2.38. The van der Waals surface area contributed by atoms with Gasteiger partial charge in [-0.1, -0.05) is 37.5 Å². The largest absolute Gasteiger partial charge is 0.467 e. The van der Waals surface area contributed by atoms with Crippen molar-refractivity contribution in [1.29, 1.82) is 0 Å². The van der Waals surface area contributed by atoms with Crippen LogP contribution in [-0.2, 0) is 20.7 Å². The number of esters is 1. The number of rotatable bonds is 2. The highest BCUT2D eigenvalue weighted by Crippen LogP contribution is 2.35. The van der Waals surface area contributed by atoms with E-state index in [-0.39, 0.29) is 17.8 Å². The molecular weight excluding hydrogens is 278 g/mol. The SMILES string of the molecule is COC(=O)C1CCc2ccccc2N1C(=O)C1CCCCC1. The van der Waals surface area contributed by atoms with Gasteiger partial charge in [0.2, 0.25) is 5.91 Å². The van der Waals surface area contributed by atoms with Crippen molar-refractivity contribution in [3.05, 3.63) is 29.8 Å². The number of para-hydroxylation sites is 1. The highest BCUT2D eigenvalue weighted by molar-refractivity contribution is 6.01. The lowest BCUT2D eigenvalue weighted by atomic mass is 9.86. The van der Waals surface area contributed by atoms with E-state index in [1.165, 1.54) is 13.5 Å². The summed E-state index contributed by atoms with van der Waals surface area (Å²) in [6, 6.07) is 7.43. The molecule has 1 aromatic rings. The zero-order valence-corrected chi connectivity index (χ0v) is 13.1. The molecule has 0 saturated heterocycles. The fourth-order valence-electron chi connectivity index (χ4n) is 3.72. The second-order valence-corrected chi connectivity index (χ2v) is 6.25. The Bertz CT molecular complexity index is 563. The summed E-state index contributed by atoms with van der Waals surface area (Å²) in [7, 11) is 1.39. The minimum absolute atomic E-state index is 0.0482. The molecule has 1 fully saturated rings. The summed E-state index contributed by atoms with van der Waals surface area (Å²) in [6.07, 6.45) is 6.74. The zero-order valence-electron chi connectivity index (χ0n) is 13.1. The van der Waals surface area contributed by atoms with Crippen molar-refractivity contribution in [3.63, 3.8) is 0 Å². The quantitative estimate of drug-likeness (QED) is 0.789. The number of methoxy groups -OCH3 is 1. The van der Waals surface area contributed by atoms with Crippen LogP contribution >= 0.6 is 0 Å². The van der Waals surface area contributed by atoms with Gasteiger partial charge in [-0.05, 0) is 37.3 Å². The Hall–Kier alpha value is -1.84. The molecule has 22 heavy (non-hydrogen) atoms. The number of fused-ring (bicyclic) bond motifs is 1. The Labute approximate surface area is 131 Å². The number of ether oxygens (including phenoxy) is 1. The Kier molecular flexibility index (Phi) is 4.46. The van der Waals surface area contributed by atoms with E-state index in [9.17, 15) is 9.59 Å². The van der Waals surface area contributed by atoms with E-state index in [0.29, 0.717) is 6.42 Å². The molecule has 1 amide bonds. The predicted molar refractivity (Wildman–Crippen MR) is 84.6 cm³/mol. The van der Waals surface area contributed by atoms with Gasteiger partial charge in [-0.3, -0.25) is 9.69 Å². The summed E-state index contributed by atoms with van der Waals surface area (Å²) >= 11 is 0. The number of benzene rings is 1. The number of anilines is 1. The first-order valence-corrected chi connectivity index (χ1v) is 8.21. The van der Waals surface area contributed by atoms with Crippen LogP contribution in [0, 0.1) is 5.92 Å². The first-order chi connectivity index (χ1) is 10.7. The van der Waals surface area contributed by atoms with Gasteiger partial charge in [-0.2, -0.15) is 0 Å². The molecule has 1 heterocycles.